The van der Waals surface area contributed by atoms with E-state index in [-0.39, 0.29) is 11.5 Å². The van der Waals surface area contributed by atoms with E-state index in [1.54, 1.807) is 36.3 Å². The highest BCUT2D eigenvalue weighted by Crippen LogP contribution is 2.42. The summed E-state index contributed by atoms with van der Waals surface area (Å²) < 4.78 is 8.40. The molecule has 0 radical (unpaired) electrons. The van der Waals surface area contributed by atoms with Crippen molar-refractivity contribution in [3.05, 3.63) is 36.3 Å². The summed E-state index contributed by atoms with van der Waals surface area (Å²) in [4.78, 5) is 13.7. The summed E-state index contributed by atoms with van der Waals surface area (Å²) in [6.45, 7) is 12.5. The monoisotopic (exact) mass is 448 g/mol. The van der Waals surface area contributed by atoms with Crippen molar-refractivity contribution in [2.45, 2.75) is 59.6 Å². The lowest BCUT2D eigenvalue weighted by molar-refractivity contribution is -0.0283. The molecule has 0 aliphatic carbocycles. The van der Waals surface area contributed by atoms with Crippen LogP contribution < -0.4 is 15.4 Å². The standard InChI is InChI=1S/C24H32N8O/c1-8-18-23(3,4)24(5,6)33-22-16(13-28-32(22)7)21-26-10-9-19(31-21)30-20-11-17(29-18)15(12-27-20)14(2)25/h9-13,18,25,29H,8H2,1-7H3,(H,26,27,30,31). The van der Waals surface area contributed by atoms with Crippen molar-refractivity contribution in [2.24, 2.45) is 12.5 Å². The van der Waals surface area contributed by atoms with Gasteiger partial charge in [-0.1, -0.05) is 20.8 Å². The average molecular weight is 449 g/mol. The summed E-state index contributed by atoms with van der Waals surface area (Å²) in [5.74, 6) is 2.38. The first-order valence-corrected chi connectivity index (χ1v) is 11.2. The molecule has 3 aromatic heterocycles. The SMILES string of the molecule is CCC1Nc2cc(ncc2C(C)=N)Nc2ccnc(n2)-c2cnn(C)c2OC(C)(C)C1(C)C. The molecule has 9 nitrogen and oxygen atoms in total. The zero-order chi connectivity index (χ0) is 24.0. The fourth-order valence-electron chi connectivity index (χ4n) is 4.11. The Kier molecular flexibility index (Phi) is 5.59. The van der Waals surface area contributed by atoms with Crippen LogP contribution in [0.25, 0.3) is 11.4 Å². The van der Waals surface area contributed by atoms with E-state index in [9.17, 15) is 0 Å². The summed E-state index contributed by atoms with van der Waals surface area (Å²) in [6.07, 6.45) is 6.02. The van der Waals surface area contributed by atoms with Crippen molar-refractivity contribution in [3.63, 3.8) is 0 Å². The van der Waals surface area contributed by atoms with Crippen LogP contribution in [0.1, 0.15) is 53.5 Å². The molecule has 1 unspecified atom stereocenters. The number of hydrogen-bond acceptors (Lipinski definition) is 8. The highest BCUT2D eigenvalue weighted by atomic mass is 16.5. The highest BCUT2D eigenvalue weighted by Gasteiger charge is 2.46. The van der Waals surface area contributed by atoms with Crippen molar-refractivity contribution >= 4 is 23.0 Å². The van der Waals surface area contributed by atoms with Gasteiger partial charge in [-0.15, -0.1) is 0 Å². The van der Waals surface area contributed by atoms with Crippen LogP contribution >= 0.6 is 0 Å². The second kappa shape index (κ2) is 8.13. The molecule has 0 saturated heterocycles. The number of rotatable bonds is 2. The van der Waals surface area contributed by atoms with E-state index in [4.69, 9.17) is 10.1 Å². The number of fused-ring (bicyclic) bond motifs is 6. The van der Waals surface area contributed by atoms with Crippen molar-refractivity contribution in [1.29, 1.82) is 5.41 Å². The van der Waals surface area contributed by atoms with Gasteiger partial charge in [-0.05, 0) is 33.3 Å². The molecule has 3 N–H and O–H groups in total. The molecular formula is C24H32N8O. The minimum Gasteiger partial charge on any atom is -0.471 e. The maximum atomic E-state index is 8.25. The van der Waals surface area contributed by atoms with Gasteiger partial charge < -0.3 is 20.8 Å². The first-order chi connectivity index (χ1) is 15.5. The lowest BCUT2D eigenvalue weighted by atomic mass is 9.70. The molecule has 1 atom stereocenters. The average Bonchev–Trinajstić information content (AvgIpc) is 3.11. The molecule has 9 heteroatoms. The molecular weight excluding hydrogens is 416 g/mol. The Morgan fingerprint density at radius 3 is 2.64 bits per heavy atom. The zero-order valence-electron chi connectivity index (χ0n) is 20.3. The van der Waals surface area contributed by atoms with Crippen LogP contribution in [0.3, 0.4) is 0 Å². The van der Waals surface area contributed by atoms with Gasteiger partial charge in [0, 0.05) is 53.9 Å². The first-order valence-electron chi connectivity index (χ1n) is 11.2. The van der Waals surface area contributed by atoms with Crippen molar-refractivity contribution in [1.82, 2.24) is 24.7 Å². The number of pyridine rings is 1. The van der Waals surface area contributed by atoms with Gasteiger partial charge in [0.15, 0.2) is 5.82 Å². The molecule has 0 fully saturated rings. The minimum absolute atomic E-state index is 0.0505. The number of ether oxygens (including phenoxy) is 1. The second-order valence-corrected chi connectivity index (χ2v) is 9.56. The van der Waals surface area contributed by atoms with Crippen molar-refractivity contribution in [3.8, 4) is 17.3 Å². The Labute approximate surface area is 194 Å². The van der Waals surface area contributed by atoms with E-state index in [2.05, 4.69) is 65.3 Å². The number of nitrogens with zero attached hydrogens (tertiary/aromatic N) is 5. The Balaban J connectivity index is 1.94. The van der Waals surface area contributed by atoms with Crippen molar-refractivity contribution in [2.75, 3.05) is 10.6 Å². The first kappa shape index (κ1) is 22.7. The Bertz CT molecular complexity index is 1200. The highest BCUT2D eigenvalue weighted by molar-refractivity contribution is 6.01. The van der Waals surface area contributed by atoms with E-state index in [1.165, 1.54) is 0 Å². The molecule has 4 rings (SSSR count). The fraction of sp³-hybridized carbons (Fsp3) is 0.458. The molecule has 0 saturated carbocycles. The van der Waals surface area contributed by atoms with Crippen LogP contribution in [0.2, 0.25) is 0 Å². The van der Waals surface area contributed by atoms with Crippen LogP contribution in [0, 0.1) is 10.8 Å². The van der Waals surface area contributed by atoms with Crippen LogP contribution in [-0.2, 0) is 7.05 Å². The van der Waals surface area contributed by atoms with Gasteiger partial charge in [0.2, 0.25) is 5.88 Å². The van der Waals surface area contributed by atoms with Gasteiger partial charge in [-0.2, -0.15) is 5.10 Å². The molecule has 1 aliphatic rings. The summed E-state index contributed by atoms with van der Waals surface area (Å²) in [5.41, 5.74) is 1.89. The van der Waals surface area contributed by atoms with Gasteiger partial charge in [0.05, 0.1) is 6.20 Å². The Hall–Kier alpha value is -3.49. The predicted molar refractivity (Wildman–Crippen MR) is 130 cm³/mol. The summed E-state index contributed by atoms with van der Waals surface area (Å²) >= 11 is 0. The van der Waals surface area contributed by atoms with E-state index >= 15 is 0 Å². The smallest absolute Gasteiger partial charge is 0.223 e. The largest absolute Gasteiger partial charge is 0.471 e. The third kappa shape index (κ3) is 4.03. The van der Waals surface area contributed by atoms with Crippen molar-refractivity contribution < 1.29 is 4.74 Å². The zero-order valence-corrected chi connectivity index (χ0v) is 20.3. The van der Waals surface area contributed by atoms with Gasteiger partial charge in [0.1, 0.15) is 22.8 Å². The molecule has 4 heterocycles. The van der Waals surface area contributed by atoms with Crippen LogP contribution in [-0.4, -0.2) is 42.1 Å². The normalized spacial score (nSPS) is 18.7. The molecule has 3 aromatic rings. The summed E-state index contributed by atoms with van der Waals surface area (Å²) in [6, 6.07) is 3.77. The van der Waals surface area contributed by atoms with Gasteiger partial charge in [0.25, 0.3) is 0 Å². The Morgan fingerprint density at radius 2 is 1.94 bits per heavy atom. The third-order valence-electron chi connectivity index (χ3n) is 6.86. The molecule has 1 aliphatic heterocycles. The summed E-state index contributed by atoms with van der Waals surface area (Å²) in [5, 5.41) is 19.6. The molecule has 0 spiro atoms. The summed E-state index contributed by atoms with van der Waals surface area (Å²) in [7, 11) is 1.86. The molecule has 0 amide bonds. The van der Waals surface area contributed by atoms with Gasteiger partial charge in [-0.25, -0.2) is 19.6 Å². The minimum atomic E-state index is -0.584. The van der Waals surface area contributed by atoms with Gasteiger partial charge in [-0.3, -0.25) is 0 Å². The number of aryl methyl sites for hydroxylation is 1. The van der Waals surface area contributed by atoms with Crippen LogP contribution in [0.4, 0.5) is 17.3 Å². The van der Waals surface area contributed by atoms with E-state index in [0.29, 0.717) is 29.1 Å². The topological polar surface area (TPSA) is 114 Å². The molecule has 33 heavy (non-hydrogen) atoms. The number of nitrogens with one attached hydrogen (secondary N) is 3. The number of aromatic nitrogens is 5. The van der Waals surface area contributed by atoms with E-state index in [1.807, 2.05) is 13.1 Å². The maximum absolute atomic E-state index is 8.25. The second-order valence-electron chi connectivity index (χ2n) is 9.56. The molecule has 174 valence electrons. The maximum Gasteiger partial charge on any atom is 0.223 e. The quantitative estimate of drug-likeness (QED) is 0.483. The fourth-order valence-corrected chi connectivity index (χ4v) is 4.11. The van der Waals surface area contributed by atoms with Crippen LogP contribution in [0.15, 0.2) is 30.7 Å². The molecule has 0 aromatic carbocycles. The number of anilines is 3. The molecule has 4 bridgehead atoms. The van der Waals surface area contributed by atoms with Gasteiger partial charge >= 0.3 is 0 Å². The number of hydrogen-bond donors (Lipinski definition) is 3. The lowest BCUT2D eigenvalue weighted by Gasteiger charge is -2.47. The Morgan fingerprint density at radius 1 is 1.18 bits per heavy atom. The predicted octanol–water partition coefficient (Wildman–Crippen LogP) is 4.79. The van der Waals surface area contributed by atoms with E-state index < -0.39 is 5.60 Å². The third-order valence-corrected chi connectivity index (χ3v) is 6.86. The van der Waals surface area contributed by atoms with E-state index in [0.717, 1.165) is 23.2 Å². The lowest BCUT2D eigenvalue weighted by Crippen LogP contribution is -2.54. The van der Waals surface area contributed by atoms with Crippen LogP contribution in [0.5, 0.6) is 5.88 Å².